The number of benzene rings is 1. The molecule has 7 heteroatoms. The Labute approximate surface area is 161 Å². The van der Waals surface area contributed by atoms with E-state index in [2.05, 4.69) is 0 Å². The van der Waals surface area contributed by atoms with E-state index in [9.17, 15) is 14.7 Å². The number of halogens is 1. The van der Waals surface area contributed by atoms with E-state index in [1.807, 2.05) is 0 Å². The summed E-state index contributed by atoms with van der Waals surface area (Å²) in [5, 5.41) is 10.9. The molecule has 1 amide bonds. The molecule has 6 nitrogen and oxygen atoms in total. The Morgan fingerprint density at radius 3 is 2.74 bits per heavy atom. The summed E-state index contributed by atoms with van der Waals surface area (Å²) in [6.45, 7) is 0.911. The number of hydrogen-bond donors (Lipinski definition) is 1. The minimum absolute atomic E-state index is 0.0268. The standard InChI is InChI=1S/C20H18ClNO5/c21-14-7-2-1-6-13(14)17-16(18(23)15-8-4-10-27-15)19(24)20(25)22(17)11-12-5-3-9-26-12/h1-2,4,6-8,10,12,17,24H,3,5,9,11H2/t12-,17+/m0/s1. The van der Waals surface area contributed by atoms with Crippen molar-refractivity contribution in [2.75, 3.05) is 13.2 Å². The van der Waals surface area contributed by atoms with E-state index in [0.717, 1.165) is 12.8 Å². The van der Waals surface area contributed by atoms with Crippen LogP contribution in [-0.2, 0) is 9.53 Å². The summed E-state index contributed by atoms with van der Waals surface area (Å²) >= 11 is 6.37. The van der Waals surface area contributed by atoms with Gasteiger partial charge < -0.3 is 19.2 Å². The van der Waals surface area contributed by atoms with Crippen LogP contribution in [0.4, 0.5) is 0 Å². The van der Waals surface area contributed by atoms with Crippen molar-refractivity contribution in [3.8, 4) is 0 Å². The van der Waals surface area contributed by atoms with Crippen LogP contribution in [0.25, 0.3) is 0 Å². The second kappa shape index (κ2) is 7.21. The normalized spacial score (nSPS) is 22.7. The molecule has 2 aromatic rings. The lowest BCUT2D eigenvalue weighted by molar-refractivity contribution is -0.131. The molecule has 2 aliphatic heterocycles. The van der Waals surface area contributed by atoms with Gasteiger partial charge in [-0.05, 0) is 36.6 Å². The fourth-order valence-electron chi connectivity index (χ4n) is 3.64. The molecule has 1 saturated heterocycles. The van der Waals surface area contributed by atoms with Gasteiger partial charge in [0, 0.05) is 18.2 Å². The molecule has 0 unspecified atom stereocenters. The van der Waals surface area contributed by atoms with Gasteiger partial charge in [-0.2, -0.15) is 0 Å². The van der Waals surface area contributed by atoms with Crippen molar-refractivity contribution >= 4 is 23.3 Å². The van der Waals surface area contributed by atoms with Crippen molar-refractivity contribution in [2.45, 2.75) is 25.0 Å². The largest absolute Gasteiger partial charge is 0.503 e. The van der Waals surface area contributed by atoms with Crippen LogP contribution in [0.2, 0.25) is 5.02 Å². The van der Waals surface area contributed by atoms with E-state index in [0.29, 0.717) is 17.2 Å². The molecule has 2 aliphatic rings. The maximum Gasteiger partial charge on any atom is 0.290 e. The molecular formula is C20H18ClNO5. The van der Waals surface area contributed by atoms with Crippen molar-refractivity contribution in [3.05, 3.63) is 70.3 Å². The summed E-state index contributed by atoms with van der Waals surface area (Å²) in [5.74, 6) is -1.66. The van der Waals surface area contributed by atoms with Gasteiger partial charge in [0.1, 0.15) is 0 Å². The predicted octanol–water partition coefficient (Wildman–Crippen LogP) is 3.69. The number of carbonyl (C=O) groups excluding carboxylic acids is 2. The maximum absolute atomic E-state index is 13.0. The lowest BCUT2D eigenvalue weighted by atomic mass is 9.95. The lowest BCUT2D eigenvalue weighted by Crippen LogP contribution is -2.37. The SMILES string of the molecule is O=C(C1=C(O)C(=O)N(C[C@@H]2CCCO2)[C@@H]1c1ccccc1Cl)c1ccco1. The number of aliphatic hydroxyl groups is 1. The van der Waals surface area contributed by atoms with E-state index in [1.165, 1.54) is 17.2 Å². The number of ether oxygens (including phenoxy) is 1. The fourth-order valence-corrected chi connectivity index (χ4v) is 3.88. The molecule has 0 spiro atoms. The van der Waals surface area contributed by atoms with Gasteiger partial charge in [0.05, 0.1) is 24.0 Å². The Morgan fingerprint density at radius 1 is 1.26 bits per heavy atom. The summed E-state index contributed by atoms with van der Waals surface area (Å²) < 4.78 is 10.8. The molecule has 1 N–H and O–H groups in total. The predicted molar refractivity (Wildman–Crippen MR) is 97.6 cm³/mol. The molecule has 3 heterocycles. The van der Waals surface area contributed by atoms with Crippen molar-refractivity contribution in [1.29, 1.82) is 0 Å². The van der Waals surface area contributed by atoms with E-state index < -0.39 is 23.5 Å². The molecule has 0 bridgehead atoms. The first-order valence-corrected chi connectivity index (χ1v) is 9.14. The molecule has 27 heavy (non-hydrogen) atoms. The summed E-state index contributed by atoms with van der Waals surface area (Å²) in [6.07, 6.45) is 2.98. The number of hydrogen-bond acceptors (Lipinski definition) is 5. The minimum Gasteiger partial charge on any atom is -0.503 e. The van der Waals surface area contributed by atoms with Crippen molar-refractivity contribution in [3.63, 3.8) is 0 Å². The van der Waals surface area contributed by atoms with Crippen LogP contribution >= 0.6 is 11.6 Å². The fraction of sp³-hybridized carbons (Fsp3) is 0.300. The minimum atomic E-state index is -0.798. The Kier molecular flexibility index (Phi) is 4.76. The number of nitrogens with zero attached hydrogens (tertiary/aromatic N) is 1. The monoisotopic (exact) mass is 387 g/mol. The molecule has 1 aromatic carbocycles. The smallest absolute Gasteiger partial charge is 0.290 e. The Bertz CT molecular complexity index is 899. The summed E-state index contributed by atoms with van der Waals surface area (Å²) in [7, 11) is 0. The average molecular weight is 388 g/mol. The van der Waals surface area contributed by atoms with Crippen LogP contribution in [-0.4, -0.2) is 41.0 Å². The molecule has 2 atom stereocenters. The number of Topliss-reactive ketones (excluding diaryl/α,β-unsaturated/α-hetero) is 1. The molecule has 1 fully saturated rings. The average Bonchev–Trinajstić information content (AvgIpc) is 3.40. The molecule has 1 aromatic heterocycles. The first-order chi connectivity index (χ1) is 13.1. The highest BCUT2D eigenvalue weighted by Crippen LogP contribution is 2.42. The molecule has 0 radical (unpaired) electrons. The highest BCUT2D eigenvalue weighted by Gasteiger charge is 2.46. The van der Waals surface area contributed by atoms with Crippen molar-refractivity contribution < 1.29 is 23.8 Å². The first-order valence-electron chi connectivity index (χ1n) is 8.76. The molecule has 0 saturated carbocycles. The quantitative estimate of drug-likeness (QED) is 0.791. The van der Waals surface area contributed by atoms with Crippen LogP contribution in [0.1, 0.15) is 35.0 Å². The second-order valence-electron chi connectivity index (χ2n) is 6.59. The second-order valence-corrected chi connectivity index (χ2v) is 6.99. The van der Waals surface area contributed by atoms with E-state index in [-0.39, 0.29) is 24.0 Å². The third kappa shape index (κ3) is 3.15. The van der Waals surface area contributed by atoms with Crippen LogP contribution < -0.4 is 0 Å². The number of amides is 1. The molecule has 140 valence electrons. The van der Waals surface area contributed by atoms with Gasteiger partial charge in [0.2, 0.25) is 5.78 Å². The number of aliphatic hydroxyl groups excluding tert-OH is 1. The molecule has 4 rings (SSSR count). The van der Waals surface area contributed by atoms with Gasteiger partial charge in [0.25, 0.3) is 5.91 Å². The lowest BCUT2D eigenvalue weighted by Gasteiger charge is -2.29. The molecule has 0 aliphatic carbocycles. The van der Waals surface area contributed by atoms with Crippen molar-refractivity contribution in [2.24, 2.45) is 0 Å². The Hall–Kier alpha value is -2.57. The van der Waals surface area contributed by atoms with Gasteiger partial charge in [-0.15, -0.1) is 0 Å². The summed E-state index contributed by atoms with van der Waals surface area (Å²) in [6, 6.07) is 9.26. The van der Waals surface area contributed by atoms with E-state index in [1.54, 1.807) is 30.3 Å². The van der Waals surface area contributed by atoms with Crippen LogP contribution in [0.3, 0.4) is 0 Å². The van der Waals surface area contributed by atoms with Crippen LogP contribution in [0, 0.1) is 0 Å². The van der Waals surface area contributed by atoms with E-state index in [4.69, 9.17) is 20.8 Å². The first kappa shape index (κ1) is 17.8. The zero-order chi connectivity index (χ0) is 19.0. The Morgan fingerprint density at radius 2 is 2.07 bits per heavy atom. The van der Waals surface area contributed by atoms with E-state index >= 15 is 0 Å². The van der Waals surface area contributed by atoms with Crippen LogP contribution in [0.15, 0.2) is 58.4 Å². The van der Waals surface area contributed by atoms with Crippen LogP contribution in [0.5, 0.6) is 0 Å². The molecular weight excluding hydrogens is 370 g/mol. The van der Waals surface area contributed by atoms with Gasteiger partial charge in [-0.3, -0.25) is 9.59 Å². The highest BCUT2D eigenvalue weighted by atomic mass is 35.5. The number of ketones is 1. The summed E-state index contributed by atoms with van der Waals surface area (Å²) in [4.78, 5) is 27.2. The van der Waals surface area contributed by atoms with Gasteiger partial charge in [-0.25, -0.2) is 0 Å². The number of carbonyl (C=O) groups is 2. The third-order valence-electron chi connectivity index (χ3n) is 4.92. The Balaban J connectivity index is 1.78. The highest BCUT2D eigenvalue weighted by molar-refractivity contribution is 6.31. The summed E-state index contributed by atoms with van der Waals surface area (Å²) in [5.41, 5.74) is 0.547. The zero-order valence-corrected chi connectivity index (χ0v) is 15.2. The third-order valence-corrected chi connectivity index (χ3v) is 5.26. The van der Waals surface area contributed by atoms with Gasteiger partial charge in [0.15, 0.2) is 11.5 Å². The van der Waals surface area contributed by atoms with Crippen molar-refractivity contribution in [1.82, 2.24) is 4.90 Å². The van der Waals surface area contributed by atoms with Gasteiger partial charge >= 0.3 is 0 Å². The topological polar surface area (TPSA) is 80.0 Å². The zero-order valence-electron chi connectivity index (χ0n) is 14.4. The number of rotatable bonds is 5. The van der Waals surface area contributed by atoms with Gasteiger partial charge in [-0.1, -0.05) is 29.8 Å². The maximum atomic E-state index is 13.0. The number of furan rings is 1.